The van der Waals surface area contributed by atoms with E-state index in [-0.39, 0.29) is 17.2 Å². The average Bonchev–Trinajstić information content (AvgIpc) is 4.31. The number of hydrogen-bond acceptors (Lipinski definition) is 8. The Morgan fingerprint density at radius 2 is 1.22 bits per heavy atom. The molecular weight excluding hydrogens is 888 g/mol. The van der Waals surface area contributed by atoms with Crippen molar-refractivity contribution in [1.82, 2.24) is 19.1 Å². The SMILES string of the molecule is COC(=O)c1cc(C2CC2)cnc1N(C(=O)C(F)(F)F)c1ccc2c(ccn2Cc2cccc(OC)c2)c1.COc1cccc(Cn2ccc3cc(Cc4ncc(C5CC5)cc4C(=O)O)ccc32)c1. The third-order valence-electron chi connectivity index (χ3n) is 12.5. The highest BCUT2D eigenvalue weighted by Crippen LogP contribution is 2.43. The number of halogens is 3. The summed E-state index contributed by atoms with van der Waals surface area (Å²) in [6.07, 6.45) is 6.51. The van der Waals surface area contributed by atoms with Crippen LogP contribution in [0, 0.1) is 0 Å². The van der Waals surface area contributed by atoms with Crippen LogP contribution in [-0.2, 0) is 29.0 Å². The lowest BCUT2D eigenvalue weighted by atomic mass is 10.0. The molecule has 1 amide bonds. The zero-order valence-corrected chi connectivity index (χ0v) is 38.1. The molecule has 1 N–H and O–H groups in total. The van der Waals surface area contributed by atoms with Crippen LogP contribution in [0.25, 0.3) is 21.8 Å². The molecule has 352 valence electrons. The maximum absolute atomic E-state index is 13.8. The van der Waals surface area contributed by atoms with Crippen LogP contribution in [-0.4, -0.2) is 69.6 Å². The second-order valence-corrected chi connectivity index (χ2v) is 17.3. The van der Waals surface area contributed by atoms with Crippen LogP contribution in [0.5, 0.6) is 11.5 Å². The molecule has 0 saturated heterocycles. The van der Waals surface area contributed by atoms with Crippen molar-refractivity contribution in [2.45, 2.75) is 63.2 Å². The lowest BCUT2D eigenvalue weighted by molar-refractivity contribution is -0.169. The molecule has 4 aromatic heterocycles. The number of alkyl halides is 3. The van der Waals surface area contributed by atoms with Gasteiger partial charge in [-0.3, -0.25) is 14.7 Å². The first kappa shape index (κ1) is 46.2. The lowest BCUT2D eigenvalue weighted by Crippen LogP contribution is -2.39. The number of carbonyl (C=O) groups excluding carboxylic acids is 2. The summed E-state index contributed by atoms with van der Waals surface area (Å²) < 4.78 is 60.9. The number of carboxylic acids is 1. The minimum atomic E-state index is -5.21. The van der Waals surface area contributed by atoms with E-state index >= 15 is 0 Å². The number of aromatic carboxylic acids is 1. The van der Waals surface area contributed by atoms with E-state index in [0.717, 1.165) is 83.8 Å². The number of hydrogen-bond donors (Lipinski definition) is 1. The summed E-state index contributed by atoms with van der Waals surface area (Å²) in [4.78, 5) is 46.2. The van der Waals surface area contributed by atoms with E-state index in [1.165, 1.54) is 30.0 Å². The minimum Gasteiger partial charge on any atom is -0.497 e. The maximum Gasteiger partial charge on any atom is 0.472 e. The van der Waals surface area contributed by atoms with Crippen LogP contribution in [0.1, 0.15) is 91.7 Å². The van der Waals surface area contributed by atoms with Crippen LogP contribution < -0.4 is 14.4 Å². The average molecular weight is 936 g/mol. The Labute approximate surface area is 395 Å². The van der Waals surface area contributed by atoms with E-state index < -0.39 is 29.8 Å². The highest BCUT2D eigenvalue weighted by molar-refractivity contribution is 6.08. The molecule has 4 aromatic carbocycles. The topological polar surface area (TPSA) is 138 Å². The van der Waals surface area contributed by atoms with Crippen molar-refractivity contribution in [2.75, 3.05) is 26.2 Å². The molecule has 0 atom stereocenters. The van der Waals surface area contributed by atoms with E-state index in [0.29, 0.717) is 46.2 Å². The summed E-state index contributed by atoms with van der Waals surface area (Å²) >= 11 is 0. The second-order valence-electron chi connectivity index (χ2n) is 17.3. The number of nitrogens with zero attached hydrogens (tertiary/aromatic N) is 5. The first-order valence-electron chi connectivity index (χ1n) is 22.4. The summed E-state index contributed by atoms with van der Waals surface area (Å²) in [5, 5.41) is 11.4. The molecule has 0 spiro atoms. The first-order valence-corrected chi connectivity index (χ1v) is 22.4. The molecular formula is C54H48F3N5O7. The largest absolute Gasteiger partial charge is 0.497 e. The number of benzene rings is 4. The first-order chi connectivity index (χ1) is 33.3. The van der Waals surface area contributed by atoms with Crippen molar-refractivity contribution >= 4 is 51.2 Å². The smallest absolute Gasteiger partial charge is 0.472 e. The number of ether oxygens (including phenoxy) is 3. The Morgan fingerprint density at radius 1 is 0.667 bits per heavy atom. The fraction of sp³-hybridized carbons (Fsp3) is 0.241. The van der Waals surface area contributed by atoms with Crippen LogP contribution in [0.2, 0.25) is 0 Å². The van der Waals surface area contributed by atoms with Gasteiger partial charge in [0.1, 0.15) is 17.1 Å². The van der Waals surface area contributed by atoms with Gasteiger partial charge in [0.2, 0.25) is 0 Å². The molecule has 15 heteroatoms. The Kier molecular flexibility index (Phi) is 12.9. The van der Waals surface area contributed by atoms with Gasteiger partial charge in [0.25, 0.3) is 0 Å². The van der Waals surface area contributed by atoms with Crippen molar-refractivity contribution < 1.29 is 46.9 Å². The van der Waals surface area contributed by atoms with Crippen LogP contribution in [0.15, 0.2) is 134 Å². The standard InChI is InChI=1S/C28H24F3N3O4.C26H24N2O3/c1-37-22-5-3-4-17(12-22)16-33-11-10-19-13-21(8-9-24(19)33)34(27(36)28(29,30)31)25-23(26(35)38-2)14-20(15-32-25)18-6-7-18;1-31-22-4-2-3-18(12-22)16-28-10-9-20-11-17(5-8-25(20)28)13-24-23(26(29)30)14-21(15-27-24)19-6-7-19/h3-5,8-15,18H,6-7,16H2,1-2H3;2-5,8-12,14-15,19H,6-7,13,16H2,1H3,(H,29,30). The third kappa shape index (κ3) is 10.3. The van der Waals surface area contributed by atoms with E-state index in [1.807, 2.05) is 65.5 Å². The van der Waals surface area contributed by atoms with Crippen LogP contribution in [0.4, 0.5) is 24.7 Å². The highest BCUT2D eigenvalue weighted by Gasteiger charge is 2.45. The number of methoxy groups -OCH3 is 3. The number of fused-ring (bicyclic) bond motifs is 2. The van der Waals surface area contributed by atoms with Gasteiger partial charge >= 0.3 is 24.0 Å². The Balaban J connectivity index is 0.000000175. The monoisotopic (exact) mass is 935 g/mol. The summed E-state index contributed by atoms with van der Waals surface area (Å²) in [7, 11) is 4.39. The number of carbonyl (C=O) groups is 3. The number of carboxylic acid groups (broad SMARTS) is 1. The predicted octanol–water partition coefficient (Wildman–Crippen LogP) is 11.2. The van der Waals surface area contributed by atoms with Crippen LogP contribution >= 0.6 is 0 Å². The summed E-state index contributed by atoms with van der Waals surface area (Å²) in [5.74, 6) is -2.14. The van der Waals surface area contributed by atoms with Crippen molar-refractivity contribution in [3.8, 4) is 11.5 Å². The number of rotatable bonds is 14. The van der Waals surface area contributed by atoms with Crippen molar-refractivity contribution in [1.29, 1.82) is 0 Å². The van der Waals surface area contributed by atoms with Crippen molar-refractivity contribution in [2.24, 2.45) is 0 Å². The molecule has 12 nitrogen and oxygen atoms in total. The molecule has 0 radical (unpaired) electrons. The van der Waals surface area contributed by atoms with Crippen molar-refractivity contribution in [3.05, 3.63) is 179 Å². The van der Waals surface area contributed by atoms with Gasteiger partial charge in [-0.15, -0.1) is 0 Å². The van der Waals surface area contributed by atoms with Gasteiger partial charge in [-0.05, 0) is 150 Å². The Morgan fingerprint density at radius 3 is 1.75 bits per heavy atom. The minimum absolute atomic E-state index is 0.0734. The zero-order valence-electron chi connectivity index (χ0n) is 38.1. The zero-order chi connectivity index (χ0) is 48.4. The molecule has 69 heavy (non-hydrogen) atoms. The van der Waals surface area contributed by atoms with Gasteiger partial charge in [-0.25, -0.2) is 14.6 Å². The highest BCUT2D eigenvalue weighted by atomic mass is 19.4. The number of aromatic nitrogens is 4. The fourth-order valence-corrected chi connectivity index (χ4v) is 8.58. The molecule has 0 aliphatic heterocycles. The van der Waals surface area contributed by atoms with Gasteiger partial charge in [0.05, 0.1) is 38.3 Å². The molecule has 0 unspecified atom stereocenters. The quantitative estimate of drug-likeness (QED) is 0.106. The summed E-state index contributed by atoms with van der Waals surface area (Å²) in [5.41, 5.74) is 7.52. The van der Waals surface area contributed by atoms with E-state index in [1.54, 1.807) is 26.4 Å². The molecule has 4 heterocycles. The van der Waals surface area contributed by atoms with Crippen molar-refractivity contribution in [3.63, 3.8) is 0 Å². The fourth-order valence-electron chi connectivity index (χ4n) is 8.58. The van der Waals surface area contributed by atoms with E-state index in [4.69, 9.17) is 14.2 Å². The molecule has 2 aliphatic rings. The third-order valence-corrected chi connectivity index (χ3v) is 12.5. The van der Waals surface area contributed by atoms with Gasteiger partial charge in [0.15, 0.2) is 5.82 Å². The predicted molar refractivity (Wildman–Crippen MR) is 255 cm³/mol. The maximum atomic E-state index is 13.8. The van der Waals surface area contributed by atoms with Crippen LogP contribution in [0.3, 0.4) is 0 Å². The number of pyridine rings is 2. The molecule has 2 aliphatic carbocycles. The number of amides is 1. The normalized spacial score (nSPS) is 13.4. The molecule has 0 bridgehead atoms. The Bertz CT molecular complexity index is 3230. The van der Waals surface area contributed by atoms with E-state index in [2.05, 4.69) is 51.1 Å². The summed E-state index contributed by atoms with van der Waals surface area (Å²) in [6.45, 7) is 1.26. The van der Waals surface area contributed by atoms with Gasteiger partial charge in [-0.1, -0.05) is 30.3 Å². The van der Waals surface area contributed by atoms with Gasteiger partial charge in [0, 0.05) is 60.7 Å². The Hall–Kier alpha value is -7.94. The molecule has 2 saturated carbocycles. The van der Waals surface area contributed by atoms with E-state index in [9.17, 15) is 32.7 Å². The van der Waals surface area contributed by atoms with Gasteiger partial charge < -0.3 is 28.5 Å². The molecule has 10 rings (SSSR count). The second kappa shape index (κ2) is 19.3. The summed E-state index contributed by atoms with van der Waals surface area (Å²) in [6, 6.07) is 33.6. The number of anilines is 2. The molecule has 8 aromatic rings. The lowest BCUT2D eigenvalue weighted by Gasteiger charge is -2.25. The molecule has 2 fully saturated rings. The number of esters is 1. The van der Waals surface area contributed by atoms with Gasteiger partial charge in [-0.2, -0.15) is 13.2 Å².